The number of amidine groups is 1. The molecule has 0 saturated heterocycles. The average molecular weight is 852 g/mol. The summed E-state index contributed by atoms with van der Waals surface area (Å²) in [5.41, 5.74) is 12.4. The van der Waals surface area contributed by atoms with Crippen LogP contribution in [0.15, 0.2) is 205 Å². The molecule has 14 aromatic rings. The van der Waals surface area contributed by atoms with Crippen LogP contribution in [0.2, 0.25) is 0 Å². The van der Waals surface area contributed by atoms with E-state index in [9.17, 15) is 5.41 Å². The van der Waals surface area contributed by atoms with Gasteiger partial charge in [0.15, 0.2) is 0 Å². The van der Waals surface area contributed by atoms with Crippen molar-refractivity contribution in [3.8, 4) is 5.69 Å². The molecule has 4 heterocycles. The van der Waals surface area contributed by atoms with E-state index >= 15 is 0 Å². The van der Waals surface area contributed by atoms with Crippen LogP contribution in [0.3, 0.4) is 0 Å². The van der Waals surface area contributed by atoms with E-state index in [1.54, 1.807) is 11.3 Å². The Morgan fingerprint density at radius 3 is 1.91 bits per heavy atom. The maximum Gasteiger partial charge on any atom is 0.138 e. The van der Waals surface area contributed by atoms with E-state index in [1.807, 2.05) is 12.1 Å². The third kappa shape index (κ3) is 5.36. The van der Waals surface area contributed by atoms with Crippen molar-refractivity contribution in [1.29, 1.82) is 5.41 Å². The first-order valence-corrected chi connectivity index (χ1v) is 22.8. The number of rotatable bonds is 6. The van der Waals surface area contributed by atoms with Crippen molar-refractivity contribution in [3.05, 3.63) is 211 Å². The minimum atomic E-state index is -0.541. The number of aromatic nitrogens is 2. The van der Waals surface area contributed by atoms with Crippen molar-refractivity contribution in [2.24, 2.45) is 0 Å². The lowest BCUT2D eigenvalue weighted by Gasteiger charge is -2.26. The molecule has 14 rings (SSSR count). The molecule has 0 bridgehead atoms. The summed E-state index contributed by atoms with van der Waals surface area (Å²) in [7, 11) is 0. The average Bonchev–Trinajstić information content (AvgIpc) is 4.10. The SMILES string of the molecule is N=C(NC(Nn1c2ccccc2c2ccccc21)c1ccc2c(c1)sc1ccccc12)c1c(-n2c3cc4ccccc4cc3c3ccc4ccccc4c32)ccc2oc3ccccc3c12. The van der Waals surface area contributed by atoms with Gasteiger partial charge in [0.05, 0.1) is 33.3 Å². The van der Waals surface area contributed by atoms with Crippen LogP contribution < -0.4 is 10.7 Å². The Hall–Kier alpha value is -8.39. The summed E-state index contributed by atoms with van der Waals surface area (Å²) in [6, 6.07) is 71.1. The summed E-state index contributed by atoms with van der Waals surface area (Å²) in [6.07, 6.45) is -0.541. The van der Waals surface area contributed by atoms with Crippen LogP contribution in [0, 0.1) is 5.41 Å². The second kappa shape index (κ2) is 13.8. The number of para-hydroxylation sites is 3. The molecule has 0 amide bonds. The number of furan rings is 1. The fourth-order valence-corrected chi connectivity index (χ4v) is 11.6. The molecule has 1 atom stereocenters. The van der Waals surface area contributed by atoms with Gasteiger partial charge in [0.1, 0.15) is 23.2 Å². The van der Waals surface area contributed by atoms with Gasteiger partial charge in [-0.05, 0) is 76.3 Å². The second-order valence-corrected chi connectivity index (χ2v) is 18.1. The third-order valence-electron chi connectivity index (χ3n) is 13.4. The lowest BCUT2D eigenvalue weighted by molar-refractivity contribution is 0.655. The first-order chi connectivity index (χ1) is 32.1. The van der Waals surface area contributed by atoms with Gasteiger partial charge in [0.2, 0.25) is 0 Å². The Kier molecular flexibility index (Phi) is 7.67. The molecule has 0 aliphatic carbocycles. The fraction of sp³-hybridized carbons (Fsp3) is 0.0172. The van der Waals surface area contributed by atoms with Gasteiger partial charge in [-0.2, -0.15) is 0 Å². The largest absolute Gasteiger partial charge is 0.456 e. The minimum absolute atomic E-state index is 0.267. The Balaban J connectivity index is 1.04. The molecule has 6 nitrogen and oxygen atoms in total. The van der Waals surface area contributed by atoms with Crippen LogP contribution in [0.1, 0.15) is 17.3 Å². The zero-order valence-corrected chi connectivity index (χ0v) is 35.7. The highest BCUT2D eigenvalue weighted by Gasteiger charge is 2.26. The monoisotopic (exact) mass is 851 g/mol. The molecule has 7 heteroatoms. The maximum atomic E-state index is 10.6. The number of hydrogen-bond donors (Lipinski definition) is 3. The van der Waals surface area contributed by atoms with E-state index in [0.717, 1.165) is 98.5 Å². The first-order valence-electron chi connectivity index (χ1n) is 22.0. The number of hydrogen-bond acceptors (Lipinski definition) is 4. The highest BCUT2D eigenvalue weighted by atomic mass is 32.1. The van der Waals surface area contributed by atoms with E-state index in [2.05, 4.69) is 208 Å². The summed E-state index contributed by atoms with van der Waals surface area (Å²) >= 11 is 1.80. The molecule has 0 aliphatic heterocycles. The molecule has 306 valence electrons. The molecule has 0 saturated carbocycles. The standard InChI is InChI=1S/C58H37N5OS/c59-57(60-58(37-26-27-42-41-19-8-12-24-52(41)65-53(42)33-37)61-63-46-21-9-5-17-39(46)40-18-6-10-22-47(40)63)55-48(29-30-51-54(55)44-20-7-11-23-50(44)64-51)62-49-32-36-15-2-1-14-35(36)31-45(49)43-28-25-34-13-3-4-16-38(34)56(43)62/h1-33,58,61H,(H2,59,60). The Morgan fingerprint density at radius 2 is 1.11 bits per heavy atom. The lowest BCUT2D eigenvalue weighted by Crippen LogP contribution is -2.37. The molecule has 65 heavy (non-hydrogen) atoms. The second-order valence-electron chi connectivity index (χ2n) is 17.0. The fourth-order valence-electron chi connectivity index (χ4n) is 10.5. The van der Waals surface area contributed by atoms with Crippen LogP contribution >= 0.6 is 11.3 Å². The Labute approximate surface area is 375 Å². The minimum Gasteiger partial charge on any atom is -0.456 e. The molecular formula is C58H37N5OS. The third-order valence-corrected chi connectivity index (χ3v) is 14.5. The van der Waals surface area contributed by atoms with E-state index in [1.165, 1.54) is 25.6 Å². The quantitative estimate of drug-likeness (QED) is 0.0886. The maximum absolute atomic E-state index is 10.6. The predicted octanol–water partition coefficient (Wildman–Crippen LogP) is 15.3. The van der Waals surface area contributed by atoms with Crippen molar-refractivity contribution in [1.82, 2.24) is 14.6 Å². The molecule has 10 aromatic carbocycles. The van der Waals surface area contributed by atoms with Crippen LogP contribution in [-0.4, -0.2) is 15.1 Å². The van der Waals surface area contributed by atoms with E-state index in [-0.39, 0.29) is 5.84 Å². The van der Waals surface area contributed by atoms with Gasteiger partial charge in [-0.25, -0.2) is 0 Å². The lowest BCUT2D eigenvalue weighted by atomic mass is 10.0. The highest BCUT2D eigenvalue weighted by molar-refractivity contribution is 7.25. The summed E-state index contributed by atoms with van der Waals surface area (Å²) < 4.78 is 13.6. The summed E-state index contributed by atoms with van der Waals surface area (Å²) in [6.45, 7) is 0. The molecule has 3 N–H and O–H groups in total. The van der Waals surface area contributed by atoms with Crippen LogP contribution in [0.4, 0.5) is 0 Å². The number of nitrogens with zero attached hydrogens (tertiary/aromatic N) is 2. The molecule has 4 aromatic heterocycles. The highest BCUT2D eigenvalue weighted by Crippen LogP contribution is 2.43. The summed E-state index contributed by atoms with van der Waals surface area (Å²) in [4.78, 5) is 0. The van der Waals surface area contributed by atoms with Crippen molar-refractivity contribution in [2.45, 2.75) is 6.17 Å². The molecule has 0 fully saturated rings. The number of thiophene rings is 1. The number of benzene rings is 10. The zero-order valence-electron chi connectivity index (χ0n) is 34.8. The van der Waals surface area contributed by atoms with Gasteiger partial charge >= 0.3 is 0 Å². The van der Waals surface area contributed by atoms with E-state index < -0.39 is 6.17 Å². The molecule has 0 spiro atoms. The first kappa shape index (κ1) is 36.1. The molecule has 0 radical (unpaired) electrons. The molecule has 0 aliphatic rings. The number of nitrogens with one attached hydrogen (secondary N) is 3. The van der Waals surface area contributed by atoms with Crippen molar-refractivity contribution in [3.63, 3.8) is 0 Å². The predicted molar refractivity (Wildman–Crippen MR) is 274 cm³/mol. The van der Waals surface area contributed by atoms with E-state index in [0.29, 0.717) is 0 Å². The van der Waals surface area contributed by atoms with E-state index in [4.69, 9.17) is 4.42 Å². The Bertz CT molecular complexity index is 4250. The zero-order chi connectivity index (χ0) is 42.8. The van der Waals surface area contributed by atoms with Gasteiger partial charge in [0.25, 0.3) is 0 Å². The topological polar surface area (TPSA) is 70.9 Å². The van der Waals surface area contributed by atoms with Gasteiger partial charge in [0, 0.05) is 57.9 Å². The van der Waals surface area contributed by atoms with Gasteiger partial charge < -0.3 is 14.3 Å². The Morgan fingerprint density at radius 1 is 0.477 bits per heavy atom. The van der Waals surface area contributed by atoms with Gasteiger partial charge in [-0.3, -0.25) is 15.5 Å². The van der Waals surface area contributed by atoms with Gasteiger partial charge in [-0.1, -0.05) is 146 Å². The van der Waals surface area contributed by atoms with Crippen molar-refractivity contribution < 1.29 is 4.42 Å². The van der Waals surface area contributed by atoms with Crippen molar-refractivity contribution in [2.75, 3.05) is 5.43 Å². The van der Waals surface area contributed by atoms with Crippen molar-refractivity contribution >= 4 is 124 Å². The summed E-state index contributed by atoms with van der Waals surface area (Å²) in [5.74, 6) is 0.267. The van der Waals surface area contributed by atoms with Crippen LogP contribution in [0.5, 0.6) is 0 Å². The molecular weight excluding hydrogens is 815 g/mol. The van der Waals surface area contributed by atoms with Gasteiger partial charge in [-0.15, -0.1) is 11.3 Å². The molecule has 1 unspecified atom stereocenters. The van der Waals surface area contributed by atoms with Crippen LogP contribution in [-0.2, 0) is 0 Å². The summed E-state index contributed by atoms with van der Waals surface area (Å²) in [5, 5.41) is 28.0. The smallest absolute Gasteiger partial charge is 0.138 e. The number of fused-ring (bicyclic) bond motifs is 15. The van der Waals surface area contributed by atoms with Crippen LogP contribution in [0.25, 0.3) is 113 Å². The normalized spacial score (nSPS) is 12.6.